The third-order valence-corrected chi connectivity index (χ3v) is 5.72. The van der Waals surface area contributed by atoms with Crippen LogP contribution >= 0.6 is 0 Å². The summed E-state index contributed by atoms with van der Waals surface area (Å²) in [6, 6.07) is 14.9. The van der Waals surface area contributed by atoms with Gasteiger partial charge in [-0.1, -0.05) is 18.2 Å². The van der Waals surface area contributed by atoms with E-state index in [2.05, 4.69) is 4.90 Å². The average Bonchev–Trinajstić information content (AvgIpc) is 2.62. The second-order valence-corrected chi connectivity index (χ2v) is 7.69. The van der Waals surface area contributed by atoms with E-state index >= 15 is 0 Å². The maximum absolute atomic E-state index is 12.6. The molecule has 134 valence electrons. The second-order valence-electron chi connectivity index (χ2n) is 5.75. The van der Waals surface area contributed by atoms with E-state index in [1.807, 2.05) is 35.2 Å². The predicted octanol–water partition coefficient (Wildman–Crippen LogP) is 3.31. The van der Waals surface area contributed by atoms with Crippen LogP contribution in [0.25, 0.3) is 0 Å². The van der Waals surface area contributed by atoms with Crippen LogP contribution < -0.4 is 9.80 Å². The summed E-state index contributed by atoms with van der Waals surface area (Å²) in [6.07, 6.45) is 0. The van der Waals surface area contributed by atoms with Gasteiger partial charge in [-0.2, -0.15) is 13.2 Å². The second kappa shape index (κ2) is 6.59. The highest BCUT2D eigenvalue weighted by atomic mass is 32.2. The number of piperazine rings is 1. The first-order valence-electron chi connectivity index (χ1n) is 7.75. The van der Waals surface area contributed by atoms with E-state index in [9.17, 15) is 21.6 Å². The van der Waals surface area contributed by atoms with Crippen molar-refractivity contribution in [3.05, 3.63) is 54.6 Å². The standard InChI is InChI=1S/C17H17F3N2O2S/c18-17(19,20)25(23,24)16-8-6-15(7-9-16)22-12-10-21(11-13-22)14-4-2-1-3-5-14/h1-9H,10-13H2. The largest absolute Gasteiger partial charge is 0.501 e. The molecule has 0 aromatic heterocycles. The minimum absolute atomic E-state index is 0.709. The van der Waals surface area contributed by atoms with Crippen molar-refractivity contribution in [1.82, 2.24) is 0 Å². The van der Waals surface area contributed by atoms with Gasteiger partial charge >= 0.3 is 5.51 Å². The molecule has 0 radical (unpaired) electrons. The fraction of sp³-hybridized carbons (Fsp3) is 0.294. The van der Waals surface area contributed by atoms with Crippen LogP contribution in [0.5, 0.6) is 0 Å². The summed E-state index contributed by atoms with van der Waals surface area (Å²) in [7, 11) is -5.30. The van der Waals surface area contributed by atoms with E-state index < -0.39 is 20.2 Å². The highest BCUT2D eigenvalue weighted by Crippen LogP contribution is 2.31. The SMILES string of the molecule is O=S(=O)(c1ccc(N2CCN(c3ccccc3)CC2)cc1)C(F)(F)F. The molecule has 2 aromatic rings. The van der Waals surface area contributed by atoms with Crippen LogP contribution in [0.2, 0.25) is 0 Å². The number of para-hydroxylation sites is 1. The van der Waals surface area contributed by atoms with E-state index in [1.165, 1.54) is 12.1 Å². The Labute approximate surface area is 144 Å². The number of anilines is 2. The predicted molar refractivity (Wildman–Crippen MR) is 90.6 cm³/mol. The normalized spacial score (nSPS) is 16.1. The Morgan fingerprint density at radius 1 is 0.720 bits per heavy atom. The molecule has 0 bridgehead atoms. The van der Waals surface area contributed by atoms with Crippen molar-refractivity contribution in [2.75, 3.05) is 36.0 Å². The lowest BCUT2D eigenvalue weighted by Gasteiger charge is -2.37. The summed E-state index contributed by atoms with van der Waals surface area (Å²) >= 11 is 0. The molecule has 1 aliphatic rings. The highest BCUT2D eigenvalue weighted by Gasteiger charge is 2.46. The number of alkyl halides is 3. The fourth-order valence-electron chi connectivity index (χ4n) is 2.83. The van der Waals surface area contributed by atoms with E-state index in [1.54, 1.807) is 0 Å². The molecule has 0 unspecified atom stereocenters. The average molecular weight is 370 g/mol. The Morgan fingerprint density at radius 3 is 1.60 bits per heavy atom. The van der Waals surface area contributed by atoms with Gasteiger partial charge in [0.15, 0.2) is 0 Å². The fourth-order valence-corrected chi connectivity index (χ4v) is 3.59. The van der Waals surface area contributed by atoms with Crippen molar-refractivity contribution in [2.45, 2.75) is 10.4 Å². The molecule has 1 fully saturated rings. The number of halogens is 3. The van der Waals surface area contributed by atoms with Gasteiger partial charge in [-0.15, -0.1) is 0 Å². The molecule has 3 rings (SSSR count). The molecule has 2 aromatic carbocycles. The lowest BCUT2D eigenvalue weighted by molar-refractivity contribution is -0.0436. The summed E-state index contributed by atoms with van der Waals surface area (Å²) in [5.41, 5.74) is -3.43. The van der Waals surface area contributed by atoms with Crippen LogP contribution in [-0.4, -0.2) is 40.1 Å². The summed E-state index contributed by atoms with van der Waals surface area (Å²) < 4.78 is 60.5. The quantitative estimate of drug-likeness (QED) is 0.831. The van der Waals surface area contributed by atoms with Gasteiger partial charge in [0.1, 0.15) is 0 Å². The van der Waals surface area contributed by atoms with Crippen LogP contribution in [0.1, 0.15) is 0 Å². The molecule has 0 amide bonds. The zero-order valence-corrected chi connectivity index (χ0v) is 14.1. The van der Waals surface area contributed by atoms with Gasteiger partial charge in [0.25, 0.3) is 9.84 Å². The topological polar surface area (TPSA) is 40.6 Å². The van der Waals surface area contributed by atoms with E-state index in [0.717, 1.165) is 30.9 Å². The Kier molecular flexibility index (Phi) is 4.64. The van der Waals surface area contributed by atoms with Crippen LogP contribution in [0, 0.1) is 0 Å². The minimum Gasteiger partial charge on any atom is -0.368 e. The molecular weight excluding hydrogens is 353 g/mol. The number of sulfone groups is 1. The molecule has 0 atom stereocenters. The van der Waals surface area contributed by atoms with Crippen molar-refractivity contribution in [1.29, 1.82) is 0 Å². The third kappa shape index (κ3) is 3.58. The van der Waals surface area contributed by atoms with Gasteiger partial charge in [0.05, 0.1) is 4.90 Å². The van der Waals surface area contributed by atoms with Gasteiger partial charge in [0, 0.05) is 37.6 Å². The third-order valence-electron chi connectivity index (χ3n) is 4.22. The van der Waals surface area contributed by atoms with E-state index in [0.29, 0.717) is 18.8 Å². The number of hydrogen-bond donors (Lipinski definition) is 0. The Bertz CT molecular complexity index is 813. The lowest BCUT2D eigenvalue weighted by Crippen LogP contribution is -2.46. The Morgan fingerprint density at radius 2 is 1.16 bits per heavy atom. The summed E-state index contributed by atoms with van der Waals surface area (Å²) in [4.78, 5) is 3.54. The summed E-state index contributed by atoms with van der Waals surface area (Å²) in [5, 5.41) is 0. The molecule has 1 saturated heterocycles. The molecule has 4 nitrogen and oxygen atoms in total. The molecule has 1 heterocycles. The van der Waals surface area contributed by atoms with Gasteiger partial charge in [-0.3, -0.25) is 0 Å². The molecule has 8 heteroatoms. The molecule has 25 heavy (non-hydrogen) atoms. The smallest absolute Gasteiger partial charge is 0.368 e. The van der Waals surface area contributed by atoms with E-state index in [4.69, 9.17) is 0 Å². The lowest BCUT2D eigenvalue weighted by atomic mass is 10.2. The van der Waals surface area contributed by atoms with Crippen LogP contribution in [0.15, 0.2) is 59.5 Å². The van der Waals surface area contributed by atoms with Crippen molar-refractivity contribution >= 4 is 21.2 Å². The van der Waals surface area contributed by atoms with Crippen molar-refractivity contribution in [3.8, 4) is 0 Å². The Hall–Kier alpha value is -2.22. The first kappa shape index (κ1) is 17.6. The molecule has 0 N–H and O–H groups in total. The zero-order valence-electron chi connectivity index (χ0n) is 13.3. The van der Waals surface area contributed by atoms with Gasteiger partial charge in [-0.05, 0) is 36.4 Å². The van der Waals surface area contributed by atoms with Crippen molar-refractivity contribution < 1.29 is 21.6 Å². The van der Waals surface area contributed by atoms with E-state index in [-0.39, 0.29) is 0 Å². The molecule has 0 spiro atoms. The monoisotopic (exact) mass is 370 g/mol. The highest BCUT2D eigenvalue weighted by molar-refractivity contribution is 7.92. The van der Waals surface area contributed by atoms with Crippen LogP contribution in [0.3, 0.4) is 0 Å². The molecule has 0 saturated carbocycles. The first-order valence-corrected chi connectivity index (χ1v) is 9.24. The zero-order chi connectivity index (χ0) is 18.1. The number of nitrogens with zero attached hydrogens (tertiary/aromatic N) is 2. The summed E-state index contributed by atoms with van der Waals surface area (Å²) in [5.74, 6) is 0. The molecule has 1 aliphatic heterocycles. The van der Waals surface area contributed by atoms with Gasteiger partial charge < -0.3 is 9.80 Å². The first-order chi connectivity index (χ1) is 11.8. The number of rotatable bonds is 3. The minimum atomic E-state index is -5.30. The Balaban J connectivity index is 1.69. The van der Waals surface area contributed by atoms with Gasteiger partial charge in [-0.25, -0.2) is 8.42 Å². The van der Waals surface area contributed by atoms with Gasteiger partial charge in [0.2, 0.25) is 0 Å². The van der Waals surface area contributed by atoms with Crippen LogP contribution in [0.4, 0.5) is 24.5 Å². The number of hydrogen-bond acceptors (Lipinski definition) is 4. The summed E-state index contributed by atoms with van der Waals surface area (Å²) in [6.45, 7) is 2.99. The van der Waals surface area contributed by atoms with Crippen LogP contribution in [-0.2, 0) is 9.84 Å². The van der Waals surface area contributed by atoms with Crippen molar-refractivity contribution in [2.24, 2.45) is 0 Å². The maximum atomic E-state index is 12.6. The van der Waals surface area contributed by atoms with Crippen molar-refractivity contribution in [3.63, 3.8) is 0 Å². The molecule has 0 aliphatic carbocycles. The molecular formula is C17H17F3N2O2S. The maximum Gasteiger partial charge on any atom is 0.501 e. The number of benzene rings is 2.